The number of nitrogens with two attached hydrogens (primary N) is 1. The number of aliphatic hydroxyl groups is 1. The zero-order valence-corrected chi connectivity index (χ0v) is 29.1. The molecule has 4 heterocycles. The Morgan fingerprint density at radius 1 is 1.08 bits per heavy atom. The number of piperidine rings is 2. The molecule has 1 saturated carbocycles. The first-order valence-electron chi connectivity index (χ1n) is 17.1. The van der Waals surface area contributed by atoms with Crippen molar-refractivity contribution in [2.75, 3.05) is 49.5 Å². The van der Waals surface area contributed by atoms with Gasteiger partial charge in [-0.3, -0.25) is 4.78 Å². The normalized spacial score (nSPS) is 26.2. The van der Waals surface area contributed by atoms with Gasteiger partial charge in [-0.05, 0) is 93.4 Å². The summed E-state index contributed by atoms with van der Waals surface area (Å²) in [7, 11) is 2.15. The first-order chi connectivity index (χ1) is 22.9. The Bertz CT molecular complexity index is 1490. The number of aliphatic hydroxyl groups excluding tert-OH is 1. The van der Waals surface area contributed by atoms with E-state index in [4.69, 9.17) is 5.73 Å². The average molecular weight is 684 g/mol. The Morgan fingerprint density at radius 2 is 1.75 bits per heavy atom. The Morgan fingerprint density at radius 3 is 2.40 bits per heavy atom. The van der Waals surface area contributed by atoms with Crippen LogP contribution < -0.4 is 15.4 Å². The SMILES string of the molecule is C=CCN1C(O)/C(=C/N=C(N)CCC(C)c2ccc(N3CCC4(CCN(C)CC4)CC3)cc2)PN1c1cccc(C2(F)CC(F)(F)C2)n1. The van der Waals surface area contributed by atoms with Crippen LogP contribution in [0.25, 0.3) is 0 Å². The van der Waals surface area contributed by atoms with E-state index in [1.54, 1.807) is 34.2 Å². The largest absolute Gasteiger partial charge is 0.387 e. The predicted molar refractivity (Wildman–Crippen MR) is 189 cm³/mol. The summed E-state index contributed by atoms with van der Waals surface area (Å²) >= 11 is 0. The van der Waals surface area contributed by atoms with E-state index in [1.165, 1.54) is 56.1 Å². The first-order valence-corrected chi connectivity index (χ1v) is 18.1. The molecule has 4 fully saturated rings. The Hall–Kier alpha value is -2.98. The van der Waals surface area contributed by atoms with Gasteiger partial charge in [0, 0.05) is 52.0 Å². The molecule has 8 nitrogen and oxygen atoms in total. The standard InChI is InChI=1S/C36H49F3N7OP/c1-4-18-45-33(47)29(48-46(45)32-7-5-6-30(42-32)35(37)24-36(38,39)25-35)23-41-31(40)13-8-26(2)27-9-11-28(12-10-27)44-21-16-34(17-22-44)14-19-43(3)20-15-34/h4-7,9-12,23,26,33,47-48H,1,8,13-22,24-25H2,2-3H3,(H2,40,41)/b29-23-. The molecule has 3 aliphatic heterocycles. The Balaban J connectivity index is 1.03. The predicted octanol–water partition coefficient (Wildman–Crippen LogP) is 6.91. The van der Waals surface area contributed by atoms with Gasteiger partial charge in [0.15, 0.2) is 11.9 Å². The van der Waals surface area contributed by atoms with E-state index in [1.807, 2.05) is 0 Å². The number of hydrazine groups is 1. The minimum absolute atomic E-state index is 0.0281. The van der Waals surface area contributed by atoms with Gasteiger partial charge in [-0.25, -0.2) is 23.1 Å². The summed E-state index contributed by atoms with van der Waals surface area (Å²) in [5.74, 6) is -1.89. The van der Waals surface area contributed by atoms with Gasteiger partial charge < -0.3 is 20.6 Å². The summed E-state index contributed by atoms with van der Waals surface area (Å²) in [5, 5.41) is 13.3. The van der Waals surface area contributed by atoms with Crippen molar-refractivity contribution >= 4 is 26.1 Å². The van der Waals surface area contributed by atoms with Gasteiger partial charge in [0.2, 0.25) is 0 Å². The minimum Gasteiger partial charge on any atom is -0.387 e. The maximum atomic E-state index is 15.1. The number of aliphatic imine (C=N–C) groups is 1. The van der Waals surface area contributed by atoms with Crippen LogP contribution in [0.15, 0.2) is 71.6 Å². The third-order valence-corrected chi connectivity index (χ3v) is 12.1. The van der Waals surface area contributed by atoms with Crippen molar-refractivity contribution < 1.29 is 18.3 Å². The summed E-state index contributed by atoms with van der Waals surface area (Å²) in [6.45, 7) is 11.0. The number of hydrogen-bond donors (Lipinski definition) is 2. The van der Waals surface area contributed by atoms with Crippen LogP contribution in [0.3, 0.4) is 0 Å². The lowest BCUT2D eigenvalue weighted by Crippen LogP contribution is -2.47. The van der Waals surface area contributed by atoms with Crippen molar-refractivity contribution in [3.8, 4) is 0 Å². The molecule has 1 spiro atoms. The molecule has 3 unspecified atom stereocenters. The molecular formula is C36H49F3N7OP. The molecule has 2 aromatic rings. The quantitative estimate of drug-likeness (QED) is 0.122. The smallest absolute Gasteiger partial charge is 0.255 e. The fraction of sp³-hybridized carbons (Fsp3) is 0.556. The number of halogens is 3. The molecule has 0 amide bonds. The molecule has 12 heteroatoms. The lowest BCUT2D eigenvalue weighted by molar-refractivity contribution is -0.176. The van der Waals surface area contributed by atoms with E-state index in [-0.39, 0.29) is 14.4 Å². The molecule has 3 atom stereocenters. The van der Waals surface area contributed by atoms with Crippen LogP contribution in [0, 0.1) is 5.41 Å². The number of pyridine rings is 1. The van der Waals surface area contributed by atoms with Crippen molar-refractivity contribution in [1.29, 1.82) is 0 Å². The molecule has 6 rings (SSSR count). The summed E-state index contributed by atoms with van der Waals surface area (Å²) in [6, 6.07) is 13.7. The van der Waals surface area contributed by atoms with Gasteiger partial charge in [0.25, 0.3) is 5.92 Å². The van der Waals surface area contributed by atoms with E-state index >= 15 is 4.39 Å². The molecule has 0 radical (unpaired) electrons. The third kappa shape index (κ3) is 7.59. The number of hydrogen-bond acceptors (Lipinski definition) is 7. The molecule has 1 aromatic heterocycles. The molecule has 4 aliphatic rings. The van der Waals surface area contributed by atoms with Crippen molar-refractivity contribution in [2.24, 2.45) is 16.1 Å². The number of rotatable bonds is 10. The van der Waals surface area contributed by atoms with Gasteiger partial charge in [-0.2, -0.15) is 5.01 Å². The summed E-state index contributed by atoms with van der Waals surface area (Å²) in [6.07, 6.45) is 7.11. The van der Waals surface area contributed by atoms with Crippen molar-refractivity contribution in [3.05, 3.63) is 77.9 Å². The molecule has 3 saturated heterocycles. The van der Waals surface area contributed by atoms with Gasteiger partial charge in [-0.15, -0.1) is 6.58 Å². The van der Waals surface area contributed by atoms with Gasteiger partial charge in [0.05, 0.1) is 24.4 Å². The molecular weight excluding hydrogens is 634 g/mol. The topological polar surface area (TPSA) is 84.5 Å². The third-order valence-electron chi connectivity index (χ3n) is 10.8. The maximum Gasteiger partial charge on any atom is 0.255 e. The average Bonchev–Trinajstić information content (AvgIpc) is 3.38. The van der Waals surface area contributed by atoms with Gasteiger partial charge in [-0.1, -0.05) is 31.2 Å². The van der Waals surface area contributed by atoms with Gasteiger partial charge in [0.1, 0.15) is 5.82 Å². The zero-order valence-electron chi connectivity index (χ0n) is 28.1. The highest BCUT2D eigenvalue weighted by Gasteiger charge is 2.59. The Kier molecular flexibility index (Phi) is 10.2. The highest BCUT2D eigenvalue weighted by molar-refractivity contribution is 7.45. The fourth-order valence-corrected chi connectivity index (χ4v) is 8.64. The summed E-state index contributed by atoms with van der Waals surface area (Å²) in [5.41, 5.74) is 7.24. The number of nitrogens with zero attached hydrogens (tertiary/aromatic N) is 6. The van der Waals surface area contributed by atoms with E-state index in [2.05, 4.69) is 64.6 Å². The first kappa shape index (κ1) is 34.9. The second-order valence-electron chi connectivity index (χ2n) is 14.3. The number of amidine groups is 1. The molecule has 48 heavy (non-hydrogen) atoms. The number of alkyl halides is 3. The van der Waals surface area contributed by atoms with Crippen molar-refractivity contribution in [2.45, 2.75) is 82.0 Å². The van der Waals surface area contributed by atoms with Crippen LogP contribution >= 0.6 is 8.73 Å². The van der Waals surface area contributed by atoms with Crippen LogP contribution in [0.4, 0.5) is 24.7 Å². The van der Waals surface area contributed by atoms with E-state index in [0.717, 1.165) is 19.5 Å². The summed E-state index contributed by atoms with van der Waals surface area (Å²) < 4.78 is 43.8. The van der Waals surface area contributed by atoms with E-state index < -0.39 is 30.7 Å². The second kappa shape index (κ2) is 14.1. The Labute approximate surface area is 284 Å². The molecule has 260 valence electrons. The fourth-order valence-electron chi connectivity index (χ4n) is 7.45. The monoisotopic (exact) mass is 683 g/mol. The number of aromatic nitrogens is 1. The lowest BCUT2D eigenvalue weighted by atomic mass is 9.71. The number of anilines is 2. The molecule has 3 N–H and O–H groups in total. The van der Waals surface area contributed by atoms with Crippen LogP contribution in [0.1, 0.15) is 75.5 Å². The number of benzene rings is 1. The molecule has 0 bridgehead atoms. The van der Waals surface area contributed by atoms with Crippen LogP contribution in [0.2, 0.25) is 0 Å². The van der Waals surface area contributed by atoms with Crippen molar-refractivity contribution in [3.63, 3.8) is 0 Å². The highest BCUT2D eigenvalue weighted by atomic mass is 31.1. The number of likely N-dealkylation sites (tertiary alicyclic amines) is 1. The minimum atomic E-state index is -3.02. The molecule has 1 aliphatic carbocycles. The van der Waals surface area contributed by atoms with Gasteiger partial charge >= 0.3 is 0 Å². The second-order valence-corrected chi connectivity index (χ2v) is 15.5. The lowest BCUT2D eigenvalue weighted by Gasteiger charge is -2.46. The van der Waals surface area contributed by atoms with Crippen LogP contribution in [-0.2, 0) is 5.67 Å². The van der Waals surface area contributed by atoms with Crippen LogP contribution in [-0.4, -0.2) is 77.8 Å². The van der Waals surface area contributed by atoms with E-state index in [9.17, 15) is 13.9 Å². The van der Waals surface area contributed by atoms with E-state index in [0.29, 0.717) is 41.3 Å². The maximum absolute atomic E-state index is 15.1. The zero-order chi connectivity index (χ0) is 34.1. The summed E-state index contributed by atoms with van der Waals surface area (Å²) in [4.78, 5) is 13.9. The van der Waals surface area contributed by atoms with Crippen LogP contribution in [0.5, 0.6) is 0 Å². The van der Waals surface area contributed by atoms with Crippen molar-refractivity contribution in [1.82, 2.24) is 14.9 Å². The molecule has 1 aromatic carbocycles. The highest BCUT2D eigenvalue weighted by Crippen LogP contribution is 2.54.